The van der Waals surface area contributed by atoms with Crippen molar-refractivity contribution in [3.63, 3.8) is 0 Å². The molecule has 1 N–H and O–H groups in total. The van der Waals surface area contributed by atoms with Gasteiger partial charge in [0.2, 0.25) is 5.91 Å². The first-order valence-corrected chi connectivity index (χ1v) is 11.3. The van der Waals surface area contributed by atoms with Crippen LogP contribution in [0.4, 0.5) is 11.4 Å². The summed E-state index contributed by atoms with van der Waals surface area (Å²) < 4.78 is 5.89. The molecule has 1 saturated heterocycles. The minimum Gasteiger partial charge on any atom is -0.494 e. The molecule has 0 spiro atoms. The average molecular weight is 576 g/mol. The first-order valence-electron chi connectivity index (χ1n) is 10.6. The molecule has 0 radical (unpaired) electrons. The van der Waals surface area contributed by atoms with Gasteiger partial charge >= 0.3 is 0 Å². The van der Waals surface area contributed by atoms with Gasteiger partial charge in [-0.05, 0) is 49.6 Å². The van der Waals surface area contributed by atoms with Gasteiger partial charge in [0.05, 0.1) is 22.3 Å². The van der Waals surface area contributed by atoms with Crippen molar-refractivity contribution in [3.8, 4) is 5.75 Å². The second kappa shape index (κ2) is 11.6. The Morgan fingerprint density at radius 2 is 1.81 bits per heavy atom. The van der Waals surface area contributed by atoms with E-state index >= 15 is 0 Å². The number of hydrogen-bond donors (Lipinski definition) is 1. The van der Waals surface area contributed by atoms with Gasteiger partial charge in [0, 0.05) is 44.4 Å². The zero-order valence-corrected chi connectivity index (χ0v) is 21.3. The van der Waals surface area contributed by atoms with Crippen molar-refractivity contribution in [1.82, 2.24) is 4.90 Å². The van der Waals surface area contributed by atoms with E-state index in [0.717, 1.165) is 69.1 Å². The highest BCUT2D eigenvalue weighted by atomic mass is 127. The molecule has 0 aromatic heterocycles. The summed E-state index contributed by atoms with van der Waals surface area (Å²) in [6, 6.07) is 11.8. The molecule has 2 aromatic carbocycles. The largest absolute Gasteiger partial charge is 0.494 e. The number of amides is 1. The van der Waals surface area contributed by atoms with Gasteiger partial charge in [-0.25, -0.2) is 0 Å². The van der Waals surface area contributed by atoms with E-state index in [2.05, 4.69) is 21.2 Å². The van der Waals surface area contributed by atoms with Crippen molar-refractivity contribution < 1.29 is 9.53 Å². The summed E-state index contributed by atoms with van der Waals surface area (Å²) in [4.78, 5) is 16.3. The molecule has 0 bridgehead atoms. The fraction of sp³-hybridized carbons (Fsp3) is 0.435. The molecule has 0 aliphatic carbocycles. The Hall–Kier alpha value is -1.22. The van der Waals surface area contributed by atoms with E-state index < -0.39 is 0 Å². The number of anilines is 2. The Kier molecular flexibility index (Phi) is 9.13. The molecule has 168 valence electrons. The summed E-state index contributed by atoms with van der Waals surface area (Å²) in [5, 5.41) is 4.18. The molecule has 8 heteroatoms. The fourth-order valence-electron chi connectivity index (χ4n) is 4.02. The lowest BCUT2D eigenvalue weighted by Crippen LogP contribution is -2.46. The topological polar surface area (TPSA) is 44.8 Å². The first kappa shape index (κ1) is 24.4. The maximum Gasteiger partial charge on any atom is 0.224 e. The smallest absolute Gasteiger partial charge is 0.224 e. The van der Waals surface area contributed by atoms with E-state index in [0.29, 0.717) is 23.1 Å². The van der Waals surface area contributed by atoms with Gasteiger partial charge in [0.15, 0.2) is 0 Å². The number of fused-ring (bicyclic) bond motifs is 1. The van der Waals surface area contributed by atoms with Crippen molar-refractivity contribution in [2.75, 3.05) is 49.5 Å². The zero-order valence-electron chi connectivity index (χ0n) is 17.4. The number of halogens is 3. The van der Waals surface area contributed by atoms with Crippen LogP contribution in [0.5, 0.6) is 5.75 Å². The highest BCUT2D eigenvalue weighted by Gasteiger charge is 2.19. The monoisotopic (exact) mass is 575 g/mol. The second-order valence-electron chi connectivity index (χ2n) is 7.82. The normalized spacial score (nSPS) is 16.3. The predicted molar refractivity (Wildman–Crippen MR) is 139 cm³/mol. The van der Waals surface area contributed by atoms with Crippen LogP contribution < -0.4 is 15.0 Å². The van der Waals surface area contributed by atoms with Crippen molar-refractivity contribution in [2.45, 2.75) is 25.7 Å². The fourth-order valence-corrected chi connectivity index (χ4v) is 4.43. The number of benzene rings is 2. The molecule has 0 atom stereocenters. The van der Waals surface area contributed by atoms with Crippen molar-refractivity contribution in [1.29, 1.82) is 0 Å². The average Bonchev–Trinajstić information content (AvgIpc) is 2.76. The molecule has 5 nitrogen and oxygen atoms in total. The molecule has 2 aromatic rings. The van der Waals surface area contributed by atoms with Gasteiger partial charge in [-0.2, -0.15) is 0 Å². The van der Waals surface area contributed by atoms with Gasteiger partial charge < -0.3 is 15.0 Å². The third-order valence-corrected chi connectivity index (χ3v) is 6.57. The minimum absolute atomic E-state index is 0. The van der Waals surface area contributed by atoms with Crippen LogP contribution in [0.1, 0.15) is 24.8 Å². The molecule has 1 amide bonds. The SMILES string of the molecule is I.O=C1CCc2ccc(OCCCCN3CCN(c4cccc(Cl)c4Cl)CC3)cc2N1. The third kappa shape index (κ3) is 6.40. The lowest BCUT2D eigenvalue weighted by atomic mass is 10.0. The number of carbonyl (C=O) groups excluding carboxylic acids is 1. The maximum atomic E-state index is 11.5. The Balaban J connectivity index is 0.00000272. The van der Waals surface area contributed by atoms with E-state index in [-0.39, 0.29) is 29.9 Å². The quantitative estimate of drug-likeness (QED) is 0.351. The predicted octanol–water partition coefficient (Wildman–Crippen LogP) is 5.48. The molecule has 2 aliphatic rings. The van der Waals surface area contributed by atoms with Crippen LogP contribution in [-0.2, 0) is 11.2 Å². The van der Waals surface area contributed by atoms with Crippen LogP contribution >= 0.6 is 47.2 Å². The van der Waals surface area contributed by atoms with Gasteiger partial charge in [0.25, 0.3) is 0 Å². The third-order valence-electron chi connectivity index (χ3n) is 5.76. The molecule has 4 rings (SSSR count). The van der Waals surface area contributed by atoms with Crippen molar-refractivity contribution in [3.05, 3.63) is 52.0 Å². The number of nitrogens with zero attached hydrogens (tertiary/aromatic N) is 2. The van der Waals surface area contributed by atoms with Crippen LogP contribution in [0.2, 0.25) is 10.0 Å². The summed E-state index contributed by atoms with van der Waals surface area (Å²) in [7, 11) is 0. The van der Waals surface area contributed by atoms with Gasteiger partial charge in [-0.3, -0.25) is 9.69 Å². The number of unbranched alkanes of at least 4 members (excludes halogenated alkanes) is 1. The van der Waals surface area contributed by atoms with Gasteiger partial charge in [-0.1, -0.05) is 35.3 Å². The van der Waals surface area contributed by atoms with Crippen LogP contribution in [-0.4, -0.2) is 50.1 Å². The number of nitrogens with one attached hydrogen (secondary N) is 1. The molecule has 2 heterocycles. The number of carbonyl (C=O) groups is 1. The number of hydrogen-bond acceptors (Lipinski definition) is 4. The number of piperazine rings is 1. The van der Waals surface area contributed by atoms with E-state index in [4.69, 9.17) is 27.9 Å². The Morgan fingerprint density at radius 3 is 2.61 bits per heavy atom. The Bertz CT molecular complexity index is 904. The Morgan fingerprint density at radius 1 is 1.00 bits per heavy atom. The molecule has 1 fully saturated rings. The summed E-state index contributed by atoms with van der Waals surface area (Å²) >= 11 is 12.5. The van der Waals surface area contributed by atoms with Crippen molar-refractivity contribution in [2.24, 2.45) is 0 Å². The molecule has 31 heavy (non-hydrogen) atoms. The zero-order chi connectivity index (χ0) is 20.9. The van der Waals surface area contributed by atoms with Crippen LogP contribution in [0.25, 0.3) is 0 Å². The van der Waals surface area contributed by atoms with Gasteiger partial charge in [-0.15, -0.1) is 24.0 Å². The first-order chi connectivity index (χ1) is 14.6. The van der Waals surface area contributed by atoms with E-state index in [1.165, 1.54) is 5.56 Å². The van der Waals surface area contributed by atoms with Crippen molar-refractivity contribution >= 4 is 64.5 Å². The standard InChI is InChI=1S/C23H27Cl2N3O2.HI/c24-19-4-3-5-21(23(19)25)28-13-11-27(12-14-28)10-1-2-15-30-18-8-6-17-7-9-22(29)26-20(17)16-18;/h3-6,8,16H,1-2,7,9-15H2,(H,26,29);1H. The molecule has 0 unspecified atom stereocenters. The molecular weight excluding hydrogens is 548 g/mol. The number of rotatable bonds is 7. The van der Waals surface area contributed by atoms with Gasteiger partial charge in [0.1, 0.15) is 5.75 Å². The number of aryl methyl sites for hydroxylation is 1. The summed E-state index contributed by atoms with van der Waals surface area (Å²) in [6.45, 7) is 5.71. The number of ether oxygens (including phenoxy) is 1. The van der Waals surface area contributed by atoms with Crippen LogP contribution in [0.3, 0.4) is 0 Å². The highest BCUT2D eigenvalue weighted by molar-refractivity contribution is 14.0. The van der Waals surface area contributed by atoms with E-state index in [9.17, 15) is 4.79 Å². The van der Waals surface area contributed by atoms with Crippen LogP contribution in [0, 0.1) is 0 Å². The molecular formula is C23H28Cl2IN3O2. The Labute approximate surface area is 211 Å². The lowest BCUT2D eigenvalue weighted by Gasteiger charge is -2.36. The molecule has 2 aliphatic heterocycles. The van der Waals surface area contributed by atoms with Crippen LogP contribution in [0.15, 0.2) is 36.4 Å². The summed E-state index contributed by atoms with van der Waals surface area (Å²) in [5.74, 6) is 0.903. The lowest BCUT2D eigenvalue weighted by molar-refractivity contribution is -0.116. The van der Waals surface area contributed by atoms with E-state index in [1.807, 2.05) is 30.3 Å². The minimum atomic E-state index is 0. The van der Waals surface area contributed by atoms with E-state index in [1.54, 1.807) is 0 Å². The second-order valence-corrected chi connectivity index (χ2v) is 8.61. The highest BCUT2D eigenvalue weighted by Crippen LogP contribution is 2.33. The summed E-state index contributed by atoms with van der Waals surface area (Å²) in [5.41, 5.74) is 3.10. The maximum absolute atomic E-state index is 11.5. The molecule has 0 saturated carbocycles. The summed E-state index contributed by atoms with van der Waals surface area (Å²) in [6.07, 6.45) is 3.47.